The van der Waals surface area contributed by atoms with Crippen molar-refractivity contribution < 1.29 is 9.21 Å². The van der Waals surface area contributed by atoms with Gasteiger partial charge in [0.1, 0.15) is 0 Å². The van der Waals surface area contributed by atoms with Gasteiger partial charge < -0.3 is 9.73 Å². The highest BCUT2D eigenvalue weighted by Crippen LogP contribution is 2.19. The molecule has 3 heteroatoms. The summed E-state index contributed by atoms with van der Waals surface area (Å²) in [6.45, 7) is 6.07. The van der Waals surface area contributed by atoms with E-state index >= 15 is 0 Å². The van der Waals surface area contributed by atoms with E-state index in [1.165, 1.54) is 17.4 Å². The maximum atomic E-state index is 11.9. The van der Waals surface area contributed by atoms with Crippen molar-refractivity contribution in [2.24, 2.45) is 0 Å². The molecule has 0 aliphatic heterocycles. The Morgan fingerprint density at radius 3 is 2.72 bits per heavy atom. The highest BCUT2D eigenvalue weighted by Gasteiger charge is 2.14. The van der Waals surface area contributed by atoms with E-state index in [2.05, 4.69) is 23.5 Å². The first-order valence-electron chi connectivity index (χ1n) is 5.99. The van der Waals surface area contributed by atoms with Crippen LogP contribution in [0.15, 0.2) is 41.0 Å². The summed E-state index contributed by atoms with van der Waals surface area (Å²) in [7, 11) is 0. The Kier molecular flexibility index (Phi) is 3.51. The molecule has 18 heavy (non-hydrogen) atoms. The normalized spacial score (nSPS) is 12.2. The fraction of sp³-hybridized carbons (Fsp3) is 0.267. The van der Waals surface area contributed by atoms with Crippen LogP contribution in [0.2, 0.25) is 0 Å². The van der Waals surface area contributed by atoms with E-state index in [0.717, 1.165) is 5.56 Å². The molecule has 2 aromatic rings. The number of benzene rings is 1. The minimum absolute atomic E-state index is 0.0394. The maximum absolute atomic E-state index is 11.9. The van der Waals surface area contributed by atoms with Crippen molar-refractivity contribution in [1.82, 2.24) is 5.32 Å². The van der Waals surface area contributed by atoms with Crippen LogP contribution in [0.3, 0.4) is 0 Å². The number of hydrogen-bond donors (Lipinski definition) is 1. The van der Waals surface area contributed by atoms with Crippen LogP contribution in [0.4, 0.5) is 0 Å². The van der Waals surface area contributed by atoms with Crippen molar-refractivity contribution in [2.75, 3.05) is 0 Å². The Labute approximate surface area is 107 Å². The molecule has 0 saturated carbocycles. The molecule has 1 aromatic heterocycles. The number of furan rings is 1. The molecular formula is C15H17NO2. The summed E-state index contributed by atoms with van der Waals surface area (Å²) in [6, 6.07) is 9.56. The number of amides is 1. The predicted molar refractivity (Wildman–Crippen MR) is 70.5 cm³/mol. The van der Waals surface area contributed by atoms with Crippen LogP contribution in [0.1, 0.15) is 40.2 Å². The lowest BCUT2D eigenvalue weighted by Gasteiger charge is -2.16. The first-order chi connectivity index (χ1) is 8.58. The van der Waals surface area contributed by atoms with Gasteiger partial charge in [0.25, 0.3) is 5.91 Å². The Balaban J connectivity index is 2.14. The second-order valence-electron chi connectivity index (χ2n) is 4.53. The summed E-state index contributed by atoms with van der Waals surface area (Å²) in [5, 5.41) is 2.93. The quantitative estimate of drug-likeness (QED) is 0.897. The molecule has 0 fully saturated rings. The van der Waals surface area contributed by atoms with Crippen LogP contribution >= 0.6 is 0 Å². The van der Waals surface area contributed by atoms with Gasteiger partial charge >= 0.3 is 0 Å². The molecule has 0 bridgehead atoms. The molecule has 3 nitrogen and oxygen atoms in total. The van der Waals surface area contributed by atoms with Gasteiger partial charge in [-0.05, 0) is 44.0 Å². The van der Waals surface area contributed by atoms with E-state index in [4.69, 9.17) is 4.42 Å². The molecule has 1 amide bonds. The molecule has 0 saturated heterocycles. The first kappa shape index (κ1) is 12.4. The standard InChI is InChI=1S/C15H17NO2/c1-10-6-7-11(2)13(9-10)12(3)16-15(17)14-5-4-8-18-14/h4-9,12H,1-3H3,(H,16,17). The molecule has 1 aromatic carbocycles. The minimum Gasteiger partial charge on any atom is -0.459 e. The summed E-state index contributed by atoms with van der Waals surface area (Å²) >= 11 is 0. The molecule has 0 spiro atoms. The number of nitrogens with one attached hydrogen (secondary N) is 1. The van der Waals surface area contributed by atoms with Gasteiger partial charge in [-0.3, -0.25) is 4.79 Å². The highest BCUT2D eigenvalue weighted by molar-refractivity contribution is 5.91. The Bertz CT molecular complexity index is 544. The Hall–Kier alpha value is -2.03. The van der Waals surface area contributed by atoms with E-state index in [0.29, 0.717) is 5.76 Å². The lowest BCUT2D eigenvalue weighted by Crippen LogP contribution is -2.26. The van der Waals surface area contributed by atoms with Crippen molar-refractivity contribution in [3.63, 3.8) is 0 Å². The average molecular weight is 243 g/mol. The molecular weight excluding hydrogens is 226 g/mol. The van der Waals surface area contributed by atoms with Crippen LogP contribution in [0.25, 0.3) is 0 Å². The Morgan fingerprint density at radius 2 is 2.06 bits per heavy atom. The van der Waals surface area contributed by atoms with Crippen LogP contribution in [-0.4, -0.2) is 5.91 Å². The summed E-state index contributed by atoms with van der Waals surface area (Å²) in [4.78, 5) is 11.9. The third kappa shape index (κ3) is 2.62. The van der Waals surface area contributed by atoms with Gasteiger partial charge in [-0.15, -0.1) is 0 Å². The zero-order valence-corrected chi connectivity index (χ0v) is 10.9. The predicted octanol–water partition coefficient (Wildman–Crippen LogP) is 3.39. The summed E-state index contributed by atoms with van der Waals surface area (Å²) in [5.41, 5.74) is 3.50. The molecule has 1 atom stereocenters. The monoisotopic (exact) mass is 243 g/mol. The van der Waals surface area contributed by atoms with Gasteiger partial charge in [-0.25, -0.2) is 0 Å². The van der Waals surface area contributed by atoms with Gasteiger partial charge in [0, 0.05) is 0 Å². The SMILES string of the molecule is Cc1ccc(C)c(C(C)NC(=O)c2ccco2)c1. The van der Waals surface area contributed by atoms with Gasteiger partial charge in [0.15, 0.2) is 5.76 Å². The molecule has 2 rings (SSSR count). The van der Waals surface area contributed by atoms with E-state index in [-0.39, 0.29) is 11.9 Å². The highest BCUT2D eigenvalue weighted by atomic mass is 16.3. The van der Waals surface area contributed by atoms with Crippen LogP contribution in [0.5, 0.6) is 0 Å². The molecule has 1 unspecified atom stereocenters. The number of carbonyl (C=O) groups excluding carboxylic acids is 1. The maximum Gasteiger partial charge on any atom is 0.287 e. The van der Waals surface area contributed by atoms with Gasteiger partial charge in [-0.1, -0.05) is 23.8 Å². The minimum atomic E-state index is -0.187. The lowest BCUT2D eigenvalue weighted by molar-refractivity contribution is 0.0912. The van der Waals surface area contributed by atoms with Crippen LogP contribution < -0.4 is 5.32 Å². The van der Waals surface area contributed by atoms with E-state index < -0.39 is 0 Å². The smallest absolute Gasteiger partial charge is 0.287 e. The van der Waals surface area contributed by atoms with Gasteiger partial charge in [-0.2, -0.15) is 0 Å². The van der Waals surface area contributed by atoms with Crippen molar-refractivity contribution in [3.05, 3.63) is 59.0 Å². The van der Waals surface area contributed by atoms with Gasteiger partial charge in [0.05, 0.1) is 12.3 Å². The number of aryl methyl sites for hydroxylation is 2. The second-order valence-corrected chi connectivity index (χ2v) is 4.53. The largest absolute Gasteiger partial charge is 0.459 e. The fourth-order valence-electron chi connectivity index (χ4n) is 1.98. The van der Waals surface area contributed by atoms with Gasteiger partial charge in [0.2, 0.25) is 0 Å². The molecule has 0 aliphatic carbocycles. The van der Waals surface area contributed by atoms with Crippen molar-refractivity contribution in [1.29, 1.82) is 0 Å². The second kappa shape index (κ2) is 5.08. The fourth-order valence-corrected chi connectivity index (χ4v) is 1.98. The molecule has 1 N–H and O–H groups in total. The summed E-state index contributed by atoms with van der Waals surface area (Å²) in [5.74, 6) is 0.153. The molecule has 94 valence electrons. The lowest BCUT2D eigenvalue weighted by atomic mass is 10.00. The van der Waals surface area contributed by atoms with Crippen molar-refractivity contribution in [2.45, 2.75) is 26.8 Å². The molecule has 0 aliphatic rings. The number of rotatable bonds is 3. The van der Waals surface area contributed by atoms with Crippen molar-refractivity contribution in [3.8, 4) is 0 Å². The first-order valence-corrected chi connectivity index (χ1v) is 5.99. The zero-order valence-electron chi connectivity index (χ0n) is 10.9. The van der Waals surface area contributed by atoms with Crippen LogP contribution in [-0.2, 0) is 0 Å². The summed E-state index contributed by atoms with van der Waals surface area (Å²) in [6.07, 6.45) is 1.50. The van der Waals surface area contributed by atoms with E-state index in [9.17, 15) is 4.79 Å². The molecule has 0 radical (unpaired) electrons. The third-order valence-electron chi connectivity index (χ3n) is 2.99. The topological polar surface area (TPSA) is 42.2 Å². The zero-order chi connectivity index (χ0) is 13.1. The number of carbonyl (C=O) groups is 1. The van der Waals surface area contributed by atoms with Crippen molar-refractivity contribution >= 4 is 5.91 Å². The molecule has 1 heterocycles. The number of hydrogen-bond acceptors (Lipinski definition) is 2. The average Bonchev–Trinajstić information content (AvgIpc) is 2.85. The Morgan fingerprint density at radius 1 is 1.28 bits per heavy atom. The third-order valence-corrected chi connectivity index (χ3v) is 2.99. The summed E-state index contributed by atoms with van der Waals surface area (Å²) < 4.78 is 5.07. The van der Waals surface area contributed by atoms with Crippen LogP contribution in [0, 0.1) is 13.8 Å². The van der Waals surface area contributed by atoms with E-state index in [1.807, 2.05) is 20.8 Å². The van der Waals surface area contributed by atoms with E-state index in [1.54, 1.807) is 12.1 Å².